The second-order valence-corrected chi connectivity index (χ2v) is 8.82. The summed E-state index contributed by atoms with van der Waals surface area (Å²) in [4.78, 5) is 32.2. The molecule has 0 spiro atoms. The zero-order valence-electron chi connectivity index (χ0n) is 22.7. The standard InChI is InChI=1S/C30H31N5O6/c1-38-25-11-8-22(9-12-25)18-40-27-13-10-23(14-28(27)39-2)16-33-35-29(36)26(15-24-17-31-20-32-24)34-30(37)41-19-21-6-4-3-5-7-21/h3-14,16-17,20,26H,15,18-19H2,1-2H3,(H,31,32)(H,34,37)(H,35,36)/b33-16-/t26-/m0/s1. The van der Waals surface area contributed by atoms with E-state index in [1.54, 1.807) is 38.6 Å². The molecule has 0 aliphatic rings. The average Bonchev–Trinajstić information content (AvgIpc) is 3.53. The number of alkyl carbamates (subject to hydrolysis) is 1. The molecular formula is C30H31N5O6. The largest absolute Gasteiger partial charge is 0.497 e. The minimum Gasteiger partial charge on any atom is -0.497 e. The van der Waals surface area contributed by atoms with E-state index in [1.165, 1.54) is 12.5 Å². The number of H-pyrrole nitrogens is 1. The molecule has 11 nitrogen and oxygen atoms in total. The van der Waals surface area contributed by atoms with E-state index in [1.807, 2.05) is 54.6 Å². The maximum absolute atomic E-state index is 12.9. The zero-order valence-corrected chi connectivity index (χ0v) is 22.7. The molecule has 4 aromatic rings. The van der Waals surface area contributed by atoms with Crippen LogP contribution in [0.2, 0.25) is 0 Å². The second-order valence-electron chi connectivity index (χ2n) is 8.82. The van der Waals surface area contributed by atoms with Gasteiger partial charge in [-0.2, -0.15) is 5.10 Å². The number of rotatable bonds is 13. The molecule has 1 atom stereocenters. The first-order chi connectivity index (χ1) is 20.0. The third-order valence-corrected chi connectivity index (χ3v) is 5.93. The molecule has 2 amide bonds. The molecular weight excluding hydrogens is 526 g/mol. The van der Waals surface area contributed by atoms with Crippen LogP contribution in [0.4, 0.5) is 4.79 Å². The Morgan fingerprint density at radius 2 is 1.73 bits per heavy atom. The molecule has 0 fully saturated rings. The maximum atomic E-state index is 12.9. The minimum absolute atomic E-state index is 0.0743. The van der Waals surface area contributed by atoms with Crippen molar-refractivity contribution in [2.45, 2.75) is 25.7 Å². The topological polar surface area (TPSA) is 136 Å². The first kappa shape index (κ1) is 28.7. The average molecular weight is 558 g/mol. The highest BCUT2D eigenvalue weighted by molar-refractivity contribution is 5.87. The summed E-state index contributed by atoms with van der Waals surface area (Å²) in [5.74, 6) is 1.31. The molecule has 0 aliphatic heterocycles. The van der Waals surface area contributed by atoms with Crippen LogP contribution in [-0.4, -0.2) is 48.4 Å². The van der Waals surface area contributed by atoms with Crippen LogP contribution in [0, 0.1) is 0 Å². The number of carbonyl (C=O) groups excluding carboxylic acids is 2. The van der Waals surface area contributed by atoms with Gasteiger partial charge in [-0.1, -0.05) is 42.5 Å². The van der Waals surface area contributed by atoms with Gasteiger partial charge >= 0.3 is 6.09 Å². The normalized spacial score (nSPS) is 11.5. The lowest BCUT2D eigenvalue weighted by Crippen LogP contribution is -2.47. The van der Waals surface area contributed by atoms with Gasteiger partial charge in [0.05, 0.1) is 26.8 Å². The lowest BCUT2D eigenvalue weighted by atomic mass is 10.1. The van der Waals surface area contributed by atoms with Crippen molar-refractivity contribution >= 4 is 18.2 Å². The summed E-state index contributed by atoms with van der Waals surface area (Å²) in [5.41, 5.74) is 5.60. The van der Waals surface area contributed by atoms with Crippen molar-refractivity contribution in [2.75, 3.05) is 14.2 Å². The lowest BCUT2D eigenvalue weighted by Gasteiger charge is -2.16. The Bertz CT molecular complexity index is 1430. The third-order valence-electron chi connectivity index (χ3n) is 5.93. The molecule has 11 heteroatoms. The summed E-state index contributed by atoms with van der Waals surface area (Å²) in [6, 6.07) is 21.1. The second kappa shape index (κ2) is 14.7. The summed E-state index contributed by atoms with van der Waals surface area (Å²) in [5, 5.41) is 6.65. The molecule has 212 valence electrons. The first-order valence-electron chi connectivity index (χ1n) is 12.7. The third kappa shape index (κ3) is 8.85. The highest BCUT2D eigenvalue weighted by atomic mass is 16.5. The van der Waals surface area contributed by atoms with E-state index < -0.39 is 18.0 Å². The summed E-state index contributed by atoms with van der Waals surface area (Å²) in [7, 11) is 3.16. The van der Waals surface area contributed by atoms with Crippen molar-refractivity contribution in [1.29, 1.82) is 0 Å². The molecule has 1 heterocycles. The van der Waals surface area contributed by atoms with Gasteiger partial charge < -0.3 is 29.2 Å². The van der Waals surface area contributed by atoms with E-state index in [9.17, 15) is 9.59 Å². The number of imidazole rings is 1. The number of nitrogens with one attached hydrogen (secondary N) is 3. The van der Waals surface area contributed by atoms with Crippen LogP contribution in [-0.2, 0) is 29.2 Å². The smallest absolute Gasteiger partial charge is 0.408 e. The van der Waals surface area contributed by atoms with Gasteiger partial charge in [0.1, 0.15) is 25.0 Å². The number of hydrogen-bond donors (Lipinski definition) is 3. The van der Waals surface area contributed by atoms with Gasteiger partial charge in [0.15, 0.2) is 11.5 Å². The predicted octanol–water partition coefficient (Wildman–Crippen LogP) is 3.99. The van der Waals surface area contributed by atoms with Gasteiger partial charge in [0.2, 0.25) is 0 Å². The summed E-state index contributed by atoms with van der Waals surface area (Å²) < 4.78 is 21.8. The molecule has 1 aromatic heterocycles. The van der Waals surface area contributed by atoms with E-state index in [2.05, 4.69) is 25.8 Å². The Hall–Kier alpha value is -5.32. The molecule has 3 aromatic carbocycles. The number of aromatic amines is 1. The SMILES string of the molecule is COc1ccc(COc2ccc(/C=N\NC(=O)[C@H](Cc3cnc[nH]3)NC(=O)OCc3ccccc3)cc2OC)cc1. The summed E-state index contributed by atoms with van der Waals surface area (Å²) in [6.07, 6.45) is 3.97. The Morgan fingerprint density at radius 3 is 2.44 bits per heavy atom. The molecule has 4 rings (SSSR count). The van der Waals surface area contributed by atoms with E-state index in [-0.39, 0.29) is 13.0 Å². The van der Waals surface area contributed by atoms with E-state index in [4.69, 9.17) is 18.9 Å². The fourth-order valence-corrected chi connectivity index (χ4v) is 3.75. The van der Waals surface area contributed by atoms with Crippen molar-refractivity contribution in [2.24, 2.45) is 5.10 Å². The highest BCUT2D eigenvalue weighted by Crippen LogP contribution is 2.28. The molecule has 0 unspecified atom stereocenters. The number of hydrogen-bond acceptors (Lipinski definition) is 8. The van der Waals surface area contributed by atoms with E-state index in [0.717, 1.165) is 16.9 Å². The number of nitrogens with zero attached hydrogens (tertiary/aromatic N) is 2. The number of carbonyl (C=O) groups is 2. The molecule has 0 saturated heterocycles. The quantitative estimate of drug-likeness (QED) is 0.167. The number of hydrazone groups is 1. The Labute approximate surface area is 237 Å². The van der Waals surface area contributed by atoms with Gasteiger partial charge in [-0.15, -0.1) is 0 Å². The Morgan fingerprint density at radius 1 is 0.951 bits per heavy atom. The van der Waals surface area contributed by atoms with E-state index >= 15 is 0 Å². The van der Waals surface area contributed by atoms with Crippen molar-refractivity contribution < 1.29 is 28.5 Å². The van der Waals surface area contributed by atoms with E-state index in [0.29, 0.717) is 29.4 Å². The van der Waals surface area contributed by atoms with Crippen molar-refractivity contribution in [3.05, 3.63) is 108 Å². The number of aromatic nitrogens is 2. The molecule has 0 saturated carbocycles. The predicted molar refractivity (Wildman–Crippen MR) is 152 cm³/mol. The molecule has 0 aliphatic carbocycles. The van der Waals surface area contributed by atoms with Crippen LogP contribution in [0.3, 0.4) is 0 Å². The molecule has 41 heavy (non-hydrogen) atoms. The van der Waals surface area contributed by atoms with Gasteiger partial charge in [-0.3, -0.25) is 4.79 Å². The number of ether oxygens (including phenoxy) is 4. The monoisotopic (exact) mass is 557 g/mol. The van der Waals surface area contributed by atoms with Crippen LogP contribution in [0.25, 0.3) is 0 Å². The molecule has 0 radical (unpaired) electrons. The molecule has 3 N–H and O–H groups in total. The number of methoxy groups -OCH3 is 2. The lowest BCUT2D eigenvalue weighted by molar-refractivity contribution is -0.123. The van der Waals surface area contributed by atoms with Crippen LogP contribution >= 0.6 is 0 Å². The number of amides is 2. The number of benzene rings is 3. The summed E-state index contributed by atoms with van der Waals surface area (Å²) >= 11 is 0. The van der Waals surface area contributed by atoms with Crippen LogP contribution < -0.4 is 25.0 Å². The van der Waals surface area contributed by atoms with Crippen molar-refractivity contribution in [1.82, 2.24) is 20.7 Å². The summed E-state index contributed by atoms with van der Waals surface area (Å²) in [6.45, 7) is 0.424. The van der Waals surface area contributed by atoms with Gasteiger partial charge in [-0.25, -0.2) is 15.2 Å². The van der Waals surface area contributed by atoms with Crippen molar-refractivity contribution in [3.63, 3.8) is 0 Å². The van der Waals surface area contributed by atoms with Crippen LogP contribution in [0.5, 0.6) is 17.2 Å². The Balaban J connectivity index is 1.34. The van der Waals surface area contributed by atoms with Crippen molar-refractivity contribution in [3.8, 4) is 17.2 Å². The first-order valence-corrected chi connectivity index (χ1v) is 12.7. The van der Waals surface area contributed by atoms with Gasteiger partial charge in [0, 0.05) is 18.3 Å². The zero-order chi connectivity index (χ0) is 28.9. The minimum atomic E-state index is -0.959. The van der Waals surface area contributed by atoms with Crippen LogP contribution in [0.15, 0.2) is 90.4 Å². The molecule has 0 bridgehead atoms. The fraction of sp³-hybridized carbons (Fsp3) is 0.200. The Kier molecular flexibility index (Phi) is 10.3. The fourth-order valence-electron chi connectivity index (χ4n) is 3.75. The van der Waals surface area contributed by atoms with Gasteiger partial charge in [0.25, 0.3) is 5.91 Å². The van der Waals surface area contributed by atoms with Crippen LogP contribution in [0.1, 0.15) is 22.4 Å². The highest BCUT2D eigenvalue weighted by Gasteiger charge is 2.22. The van der Waals surface area contributed by atoms with Gasteiger partial charge in [-0.05, 0) is 47.0 Å². The maximum Gasteiger partial charge on any atom is 0.408 e.